The number of aromatic nitrogens is 3. The van der Waals surface area contributed by atoms with E-state index >= 15 is 0 Å². The van der Waals surface area contributed by atoms with Gasteiger partial charge in [-0.05, 0) is 95.1 Å². The van der Waals surface area contributed by atoms with Gasteiger partial charge in [0.25, 0.3) is 0 Å². The van der Waals surface area contributed by atoms with Crippen LogP contribution in [0.2, 0.25) is 0 Å². The molecule has 57 heavy (non-hydrogen) atoms. The van der Waals surface area contributed by atoms with Crippen LogP contribution in [-0.4, -0.2) is 13.7 Å². The van der Waals surface area contributed by atoms with Crippen LogP contribution in [0.25, 0.3) is 105 Å². The Morgan fingerprint density at radius 3 is 0.895 bits per heavy atom. The molecule has 266 valence electrons. The highest BCUT2D eigenvalue weighted by Crippen LogP contribution is 2.38. The van der Waals surface area contributed by atoms with Crippen molar-refractivity contribution < 1.29 is 0 Å². The number of hydrogen-bond donors (Lipinski definition) is 0. The molecule has 0 N–H and O–H groups in total. The lowest BCUT2D eigenvalue weighted by molar-refractivity contribution is 1.15. The molecule has 0 saturated carbocycles. The topological polar surface area (TPSA) is 14.8 Å². The van der Waals surface area contributed by atoms with E-state index in [1.54, 1.807) is 0 Å². The van der Waals surface area contributed by atoms with Crippen LogP contribution in [0.4, 0.5) is 0 Å². The van der Waals surface area contributed by atoms with Crippen LogP contribution in [-0.2, 0) is 0 Å². The van der Waals surface area contributed by atoms with E-state index in [0.717, 1.165) is 17.1 Å². The first-order chi connectivity index (χ1) is 28.3. The summed E-state index contributed by atoms with van der Waals surface area (Å²) >= 11 is 0. The van der Waals surface area contributed by atoms with Crippen molar-refractivity contribution in [1.29, 1.82) is 0 Å². The lowest BCUT2D eigenvalue weighted by Crippen LogP contribution is -1.97. The molecule has 12 rings (SSSR count). The zero-order chi connectivity index (χ0) is 37.5. The zero-order valence-corrected chi connectivity index (χ0v) is 31.0. The molecule has 3 heterocycles. The molecule has 0 bridgehead atoms. The Bertz CT molecular complexity index is 3430. The number of para-hydroxylation sites is 5. The molecule has 3 aromatic heterocycles. The van der Waals surface area contributed by atoms with Gasteiger partial charge in [0.2, 0.25) is 0 Å². The number of hydrogen-bond acceptors (Lipinski definition) is 0. The van der Waals surface area contributed by atoms with Gasteiger partial charge in [0, 0.05) is 49.4 Å². The van der Waals surface area contributed by atoms with Gasteiger partial charge in [-0.15, -0.1) is 0 Å². The molecule has 9 aromatic carbocycles. The second-order valence-electron chi connectivity index (χ2n) is 15.0. The maximum absolute atomic E-state index is 2.44. The van der Waals surface area contributed by atoms with E-state index in [2.05, 4.69) is 226 Å². The average molecular weight is 726 g/mol. The summed E-state index contributed by atoms with van der Waals surface area (Å²) in [5.74, 6) is 0. The lowest BCUT2D eigenvalue weighted by atomic mass is 9.98. The third kappa shape index (κ3) is 4.86. The second kappa shape index (κ2) is 12.5. The Balaban J connectivity index is 0.982. The fraction of sp³-hybridized carbons (Fsp3) is 0. The van der Waals surface area contributed by atoms with E-state index in [-0.39, 0.29) is 0 Å². The van der Waals surface area contributed by atoms with Crippen LogP contribution in [0.15, 0.2) is 212 Å². The van der Waals surface area contributed by atoms with E-state index in [4.69, 9.17) is 0 Å². The second-order valence-corrected chi connectivity index (χ2v) is 15.0. The van der Waals surface area contributed by atoms with Gasteiger partial charge in [0.1, 0.15) is 0 Å². The summed E-state index contributed by atoms with van der Waals surface area (Å²) in [6.07, 6.45) is 0. The first-order valence-electron chi connectivity index (χ1n) is 19.6. The van der Waals surface area contributed by atoms with E-state index in [9.17, 15) is 0 Å². The van der Waals surface area contributed by atoms with Gasteiger partial charge in [-0.2, -0.15) is 0 Å². The lowest BCUT2D eigenvalue weighted by Gasteiger charge is -2.13. The zero-order valence-electron chi connectivity index (χ0n) is 31.0. The summed E-state index contributed by atoms with van der Waals surface area (Å²) in [6, 6.07) is 77.5. The summed E-state index contributed by atoms with van der Waals surface area (Å²) in [7, 11) is 0. The van der Waals surface area contributed by atoms with Crippen molar-refractivity contribution >= 4 is 65.4 Å². The van der Waals surface area contributed by atoms with Crippen LogP contribution in [0.3, 0.4) is 0 Å². The fourth-order valence-electron chi connectivity index (χ4n) is 9.31. The highest BCUT2D eigenvalue weighted by molar-refractivity contribution is 6.12. The van der Waals surface area contributed by atoms with Gasteiger partial charge in [-0.25, -0.2) is 0 Å². The fourth-order valence-corrected chi connectivity index (χ4v) is 9.31. The third-order valence-electron chi connectivity index (χ3n) is 11.8. The summed E-state index contributed by atoms with van der Waals surface area (Å²) in [4.78, 5) is 0. The van der Waals surface area contributed by atoms with E-state index in [1.165, 1.54) is 87.7 Å². The number of fused-ring (bicyclic) bond motifs is 9. The van der Waals surface area contributed by atoms with Gasteiger partial charge >= 0.3 is 0 Å². The van der Waals surface area contributed by atoms with Gasteiger partial charge in [-0.1, -0.05) is 140 Å². The molecule has 12 aromatic rings. The minimum atomic E-state index is 1.14. The van der Waals surface area contributed by atoms with Gasteiger partial charge in [0.05, 0.1) is 33.1 Å². The summed E-state index contributed by atoms with van der Waals surface area (Å²) in [5, 5.41) is 7.56. The number of nitrogens with zero attached hydrogens (tertiary/aromatic N) is 3. The smallest absolute Gasteiger partial charge is 0.0561 e. The number of rotatable bonds is 5. The molecule has 0 radical (unpaired) electrons. The Morgan fingerprint density at radius 2 is 0.491 bits per heavy atom. The van der Waals surface area contributed by atoms with Crippen molar-refractivity contribution in [2.45, 2.75) is 0 Å². The number of benzene rings is 9. The molecule has 0 spiro atoms. The Kier molecular flexibility index (Phi) is 6.93. The van der Waals surface area contributed by atoms with Crippen LogP contribution in [0.5, 0.6) is 0 Å². The highest BCUT2D eigenvalue weighted by Gasteiger charge is 2.17. The average Bonchev–Trinajstić information content (AvgIpc) is 3.92. The van der Waals surface area contributed by atoms with Crippen molar-refractivity contribution in [3.8, 4) is 39.3 Å². The quantitative estimate of drug-likeness (QED) is 0.168. The Hall–Kier alpha value is -7.62. The summed E-state index contributed by atoms with van der Waals surface area (Å²) in [5.41, 5.74) is 15.4. The minimum Gasteiger partial charge on any atom is -0.309 e. The molecule has 0 atom stereocenters. The first kappa shape index (κ1) is 31.7. The monoisotopic (exact) mass is 725 g/mol. The maximum Gasteiger partial charge on any atom is 0.0561 e. The Morgan fingerprint density at radius 1 is 0.193 bits per heavy atom. The Labute approximate surface area is 329 Å². The molecule has 0 unspecified atom stereocenters. The minimum absolute atomic E-state index is 1.14. The van der Waals surface area contributed by atoms with Gasteiger partial charge in [-0.3, -0.25) is 0 Å². The largest absolute Gasteiger partial charge is 0.309 e. The highest BCUT2D eigenvalue weighted by atomic mass is 15.0. The van der Waals surface area contributed by atoms with E-state index in [0.29, 0.717) is 0 Å². The van der Waals surface area contributed by atoms with Gasteiger partial charge < -0.3 is 13.7 Å². The van der Waals surface area contributed by atoms with Crippen LogP contribution in [0, 0.1) is 0 Å². The van der Waals surface area contributed by atoms with Crippen molar-refractivity contribution in [3.63, 3.8) is 0 Å². The third-order valence-corrected chi connectivity index (χ3v) is 11.8. The normalized spacial score (nSPS) is 11.9. The van der Waals surface area contributed by atoms with E-state index in [1.807, 2.05) is 0 Å². The molecule has 0 fully saturated rings. The van der Waals surface area contributed by atoms with Crippen LogP contribution in [0.1, 0.15) is 0 Å². The van der Waals surface area contributed by atoms with Crippen LogP contribution >= 0.6 is 0 Å². The van der Waals surface area contributed by atoms with Crippen molar-refractivity contribution in [3.05, 3.63) is 212 Å². The standard InChI is InChI=1S/C54H35N3/c1-6-25-49-43(20-1)44-21-2-7-26-50(44)55(49)40-18-12-16-38(33-40)36-14-11-15-37(32-36)39-17-13-19-41(34-39)57-53-29-10-5-24-47(53)48-31-30-42(35-54(48)57)56-51-27-8-3-22-45(51)46-23-4-9-28-52(46)56/h1-35H. The predicted octanol–water partition coefficient (Wildman–Crippen LogP) is 14.3. The van der Waals surface area contributed by atoms with Gasteiger partial charge in [0.15, 0.2) is 0 Å². The maximum atomic E-state index is 2.44. The van der Waals surface area contributed by atoms with Crippen molar-refractivity contribution in [2.75, 3.05) is 0 Å². The first-order valence-corrected chi connectivity index (χ1v) is 19.6. The molecule has 0 aliphatic rings. The van der Waals surface area contributed by atoms with Crippen molar-refractivity contribution in [2.24, 2.45) is 0 Å². The molecular formula is C54H35N3. The molecule has 0 saturated heterocycles. The van der Waals surface area contributed by atoms with Crippen LogP contribution < -0.4 is 0 Å². The molecular weight excluding hydrogens is 691 g/mol. The summed E-state index contributed by atoms with van der Waals surface area (Å²) < 4.78 is 7.23. The molecule has 0 aliphatic carbocycles. The molecule has 3 heteroatoms. The molecule has 0 amide bonds. The predicted molar refractivity (Wildman–Crippen MR) is 240 cm³/mol. The summed E-state index contributed by atoms with van der Waals surface area (Å²) in [6.45, 7) is 0. The molecule has 3 nitrogen and oxygen atoms in total. The van der Waals surface area contributed by atoms with Crippen molar-refractivity contribution in [1.82, 2.24) is 13.7 Å². The SMILES string of the molecule is c1cc(-c2cccc(-n3c4ccccc4c4ccccc43)c2)cc(-c2cccc(-n3c4ccccc4c4ccc(-n5c6ccccc6c6ccccc65)cc43)c2)c1. The molecule has 0 aliphatic heterocycles. The van der Waals surface area contributed by atoms with E-state index < -0.39 is 0 Å².